The highest BCUT2D eigenvalue weighted by Gasteiger charge is 2.19. The fourth-order valence-corrected chi connectivity index (χ4v) is 2.58. The SMILES string of the molecule is CC(C)c1cccc(C(C)C)c1-n1cc[n+](CC(=O)[O-])c1. The third-order valence-electron chi connectivity index (χ3n) is 3.60. The number of nitrogens with zero attached hydrogens (tertiary/aromatic N) is 2. The lowest BCUT2D eigenvalue weighted by atomic mass is 9.92. The highest BCUT2D eigenvalue weighted by Crippen LogP contribution is 2.30. The molecule has 1 heterocycles. The molecule has 0 N–H and O–H groups in total. The number of benzene rings is 1. The maximum absolute atomic E-state index is 10.7. The molecule has 0 fully saturated rings. The van der Waals surface area contributed by atoms with Crippen LogP contribution in [0.1, 0.15) is 50.7 Å². The summed E-state index contributed by atoms with van der Waals surface area (Å²) in [6.45, 7) is 8.54. The van der Waals surface area contributed by atoms with Crippen LogP contribution in [0.4, 0.5) is 0 Å². The first-order chi connectivity index (χ1) is 9.90. The largest absolute Gasteiger partial charge is 0.546 e. The molecule has 0 radical (unpaired) electrons. The van der Waals surface area contributed by atoms with Crippen molar-refractivity contribution in [3.05, 3.63) is 48.0 Å². The lowest BCUT2D eigenvalue weighted by molar-refractivity contribution is -0.690. The van der Waals surface area contributed by atoms with Gasteiger partial charge in [0, 0.05) is 11.1 Å². The first kappa shape index (κ1) is 15.3. The van der Waals surface area contributed by atoms with Crippen molar-refractivity contribution in [2.45, 2.75) is 46.1 Å². The maximum atomic E-state index is 10.7. The summed E-state index contributed by atoms with van der Waals surface area (Å²) in [5, 5.41) is 10.7. The van der Waals surface area contributed by atoms with Crippen molar-refractivity contribution in [1.29, 1.82) is 0 Å². The van der Waals surface area contributed by atoms with Crippen LogP contribution in [0.2, 0.25) is 0 Å². The van der Waals surface area contributed by atoms with Gasteiger partial charge < -0.3 is 9.90 Å². The summed E-state index contributed by atoms with van der Waals surface area (Å²) in [4.78, 5) is 10.7. The van der Waals surface area contributed by atoms with Gasteiger partial charge >= 0.3 is 0 Å². The Balaban J connectivity index is 2.55. The number of aliphatic carboxylic acids is 1. The third-order valence-corrected chi connectivity index (χ3v) is 3.60. The Morgan fingerprint density at radius 2 is 1.76 bits per heavy atom. The summed E-state index contributed by atoms with van der Waals surface area (Å²) in [7, 11) is 0. The second kappa shape index (κ2) is 6.12. The van der Waals surface area contributed by atoms with Gasteiger partial charge in [-0.3, -0.25) is 0 Å². The standard InChI is InChI=1S/C17H22N2O2/c1-12(2)14-6-5-7-15(13(3)4)17(14)19-9-8-18(11-19)10-16(20)21/h5-9,11-13H,10H2,1-4H3. The van der Waals surface area contributed by atoms with E-state index in [1.165, 1.54) is 11.1 Å². The molecular formula is C17H22N2O2. The van der Waals surface area contributed by atoms with E-state index >= 15 is 0 Å². The van der Waals surface area contributed by atoms with E-state index in [4.69, 9.17) is 0 Å². The number of hydrogen-bond donors (Lipinski definition) is 0. The zero-order valence-corrected chi connectivity index (χ0v) is 13.0. The normalized spacial score (nSPS) is 11.3. The molecule has 0 saturated heterocycles. The minimum atomic E-state index is -1.08. The number of aromatic nitrogens is 2. The monoisotopic (exact) mass is 286 g/mol. The van der Waals surface area contributed by atoms with Gasteiger partial charge in [-0.15, -0.1) is 0 Å². The van der Waals surface area contributed by atoms with Crippen molar-refractivity contribution in [1.82, 2.24) is 4.57 Å². The van der Waals surface area contributed by atoms with E-state index in [0.717, 1.165) is 5.69 Å². The second-order valence-corrected chi connectivity index (χ2v) is 5.96. The predicted octanol–water partition coefficient (Wildman–Crippen LogP) is 1.76. The van der Waals surface area contributed by atoms with Crippen molar-refractivity contribution >= 4 is 5.97 Å². The Labute approximate surface area is 125 Å². The second-order valence-electron chi connectivity index (χ2n) is 5.96. The fourth-order valence-electron chi connectivity index (χ4n) is 2.58. The average Bonchev–Trinajstić information content (AvgIpc) is 2.84. The first-order valence-corrected chi connectivity index (χ1v) is 7.30. The number of carbonyl (C=O) groups excluding carboxylic acids is 1. The predicted molar refractivity (Wildman–Crippen MR) is 79.1 cm³/mol. The van der Waals surface area contributed by atoms with Gasteiger partial charge in [-0.25, -0.2) is 9.13 Å². The van der Waals surface area contributed by atoms with Gasteiger partial charge in [-0.1, -0.05) is 45.9 Å². The summed E-state index contributed by atoms with van der Waals surface area (Å²) in [6.07, 6.45) is 5.47. The van der Waals surface area contributed by atoms with Crippen LogP contribution in [-0.2, 0) is 11.3 Å². The molecule has 0 aliphatic heterocycles. The Kier molecular flexibility index (Phi) is 4.46. The van der Waals surface area contributed by atoms with E-state index in [0.29, 0.717) is 11.8 Å². The summed E-state index contributed by atoms with van der Waals surface area (Å²) in [5.41, 5.74) is 3.68. The molecular weight excluding hydrogens is 264 g/mol. The number of carbonyl (C=O) groups is 1. The van der Waals surface area contributed by atoms with Crippen LogP contribution in [0.3, 0.4) is 0 Å². The minimum absolute atomic E-state index is 0.131. The maximum Gasteiger partial charge on any atom is 0.249 e. The lowest BCUT2D eigenvalue weighted by Crippen LogP contribution is -2.42. The zero-order chi connectivity index (χ0) is 15.6. The zero-order valence-electron chi connectivity index (χ0n) is 13.0. The smallest absolute Gasteiger partial charge is 0.249 e. The molecule has 4 heteroatoms. The fraction of sp³-hybridized carbons (Fsp3) is 0.412. The number of carboxylic acid groups (broad SMARTS) is 1. The molecule has 0 aliphatic carbocycles. The lowest BCUT2D eigenvalue weighted by Gasteiger charge is -2.16. The van der Waals surface area contributed by atoms with Gasteiger partial charge in [0.05, 0.1) is 5.97 Å². The van der Waals surface area contributed by atoms with Crippen LogP contribution in [0.15, 0.2) is 36.9 Å². The summed E-state index contributed by atoms with van der Waals surface area (Å²) >= 11 is 0. The van der Waals surface area contributed by atoms with Gasteiger partial charge in [0.15, 0.2) is 0 Å². The van der Waals surface area contributed by atoms with Gasteiger partial charge in [0.2, 0.25) is 6.33 Å². The molecule has 1 aromatic carbocycles. The van der Waals surface area contributed by atoms with E-state index < -0.39 is 5.97 Å². The van der Waals surface area contributed by atoms with Crippen molar-refractivity contribution < 1.29 is 14.5 Å². The van der Waals surface area contributed by atoms with Crippen LogP contribution >= 0.6 is 0 Å². The highest BCUT2D eigenvalue weighted by atomic mass is 16.4. The summed E-state index contributed by atoms with van der Waals surface area (Å²) in [6, 6.07) is 6.36. The molecule has 0 aliphatic rings. The Bertz CT molecular complexity index is 616. The third kappa shape index (κ3) is 3.32. The molecule has 2 rings (SSSR count). The molecule has 21 heavy (non-hydrogen) atoms. The summed E-state index contributed by atoms with van der Waals surface area (Å²) < 4.78 is 3.63. The topological polar surface area (TPSA) is 48.9 Å². The van der Waals surface area contributed by atoms with E-state index in [1.54, 1.807) is 10.8 Å². The molecule has 0 spiro atoms. The van der Waals surface area contributed by atoms with Gasteiger partial charge in [-0.2, -0.15) is 0 Å². The van der Waals surface area contributed by atoms with Crippen LogP contribution in [-0.4, -0.2) is 10.5 Å². The highest BCUT2D eigenvalue weighted by molar-refractivity contribution is 5.62. The van der Waals surface area contributed by atoms with E-state index in [1.807, 2.05) is 17.1 Å². The molecule has 2 aromatic rings. The van der Waals surface area contributed by atoms with Crippen molar-refractivity contribution in [2.24, 2.45) is 0 Å². The van der Waals surface area contributed by atoms with Crippen LogP contribution < -0.4 is 9.67 Å². The molecule has 0 atom stereocenters. The number of hydrogen-bond acceptors (Lipinski definition) is 2. The van der Waals surface area contributed by atoms with E-state index in [-0.39, 0.29) is 6.54 Å². The van der Waals surface area contributed by atoms with Gasteiger partial charge in [0.1, 0.15) is 24.6 Å². The van der Waals surface area contributed by atoms with Crippen molar-refractivity contribution in [2.75, 3.05) is 0 Å². The van der Waals surface area contributed by atoms with E-state index in [2.05, 4.69) is 45.9 Å². The van der Waals surface area contributed by atoms with Crippen molar-refractivity contribution in [3.63, 3.8) is 0 Å². The quantitative estimate of drug-likeness (QED) is 0.786. The first-order valence-electron chi connectivity index (χ1n) is 7.30. The summed E-state index contributed by atoms with van der Waals surface area (Å²) in [5.74, 6) is -0.287. The number of rotatable bonds is 5. The van der Waals surface area contributed by atoms with Crippen LogP contribution in [0.5, 0.6) is 0 Å². The Morgan fingerprint density at radius 1 is 1.19 bits per heavy atom. The van der Waals surface area contributed by atoms with E-state index in [9.17, 15) is 9.90 Å². The molecule has 1 aromatic heterocycles. The molecule has 0 bridgehead atoms. The van der Waals surface area contributed by atoms with Gasteiger partial charge in [-0.05, 0) is 11.8 Å². The number of imidazole rings is 1. The minimum Gasteiger partial charge on any atom is -0.546 e. The Hall–Kier alpha value is -2.10. The van der Waals surface area contributed by atoms with Gasteiger partial charge in [0.25, 0.3) is 0 Å². The Morgan fingerprint density at radius 3 is 2.24 bits per heavy atom. The van der Waals surface area contributed by atoms with Crippen LogP contribution in [0, 0.1) is 0 Å². The van der Waals surface area contributed by atoms with Crippen molar-refractivity contribution in [3.8, 4) is 5.69 Å². The van der Waals surface area contributed by atoms with Crippen LogP contribution in [0.25, 0.3) is 5.69 Å². The molecule has 0 amide bonds. The average molecular weight is 286 g/mol. The number of carboxylic acids is 1. The molecule has 112 valence electrons. The number of para-hydroxylation sites is 1. The molecule has 0 saturated carbocycles. The molecule has 0 unspecified atom stereocenters. The molecule has 4 nitrogen and oxygen atoms in total.